The van der Waals surface area contributed by atoms with E-state index in [0.717, 1.165) is 23.1 Å². The van der Waals surface area contributed by atoms with Crippen LogP contribution >= 0.6 is 0 Å². The van der Waals surface area contributed by atoms with Gasteiger partial charge in [0.2, 0.25) is 0 Å². The predicted molar refractivity (Wildman–Crippen MR) is 120 cm³/mol. The summed E-state index contributed by atoms with van der Waals surface area (Å²) in [4.78, 5) is 20.6. The van der Waals surface area contributed by atoms with Crippen LogP contribution in [0.1, 0.15) is 40.9 Å². The van der Waals surface area contributed by atoms with E-state index in [0.29, 0.717) is 23.3 Å². The summed E-state index contributed by atoms with van der Waals surface area (Å²) in [5.74, 6) is -0.213. The van der Waals surface area contributed by atoms with Crippen LogP contribution in [0.25, 0.3) is 10.9 Å². The lowest BCUT2D eigenvalue weighted by Crippen LogP contribution is -2.13. The number of aromatic hydroxyl groups is 1. The number of hydrogen-bond donors (Lipinski definition) is 2. The molecule has 2 heterocycles. The van der Waals surface area contributed by atoms with E-state index in [2.05, 4.69) is 15.3 Å². The van der Waals surface area contributed by atoms with Crippen LogP contribution in [0, 0.1) is 0 Å². The molecule has 0 radical (unpaired) electrons. The Morgan fingerprint density at radius 2 is 1.87 bits per heavy atom. The molecule has 0 fully saturated rings. The smallest absolute Gasteiger partial charge is 0.338 e. The van der Waals surface area contributed by atoms with E-state index in [1.54, 1.807) is 30.7 Å². The molecule has 2 aromatic heterocycles. The molecule has 4 aromatic rings. The van der Waals surface area contributed by atoms with Gasteiger partial charge in [-0.3, -0.25) is 9.97 Å². The first-order valence-electron chi connectivity index (χ1n) is 10.2. The first kappa shape index (κ1) is 20.3. The van der Waals surface area contributed by atoms with Crippen molar-refractivity contribution in [3.8, 4) is 5.75 Å². The SMILES string of the molecule is CCCOC(=O)c1ccc(N[C@H](c2cccnc2)c2ccc3cccnc3c2O)cc1. The Bertz CT molecular complexity index is 1180. The second kappa shape index (κ2) is 9.26. The van der Waals surface area contributed by atoms with Crippen molar-refractivity contribution in [2.24, 2.45) is 0 Å². The van der Waals surface area contributed by atoms with Crippen molar-refractivity contribution < 1.29 is 14.6 Å². The third-order valence-electron chi connectivity index (χ3n) is 4.98. The molecule has 0 spiro atoms. The number of phenolic OH excluding ortho intramolecular Hbond substituents is 1. The number of phenols is 1. The second-order valence-electron chi connectivity index (χ2n) is 7.16. The highest BCUT2D eigenvalue weighted by atomic mass is 16.5. The van der Waals surface area contributed by atoms with Crippen LogP contribution < -0.4 is 5.32 Å². The van der Waals surface area contributed by atoms with E-state index in [4.69, 9.17) is 4.74 Å². The fourth-order valence-corrected chi connectivity index (χ4v) is 3.41. The largest absolute Gasteiger partial charge is 0.505 e. The third-order valence-corrected chi connectivity index (χ3v) is 4.98. The van der Waals surface area contributed by atoms with Gasteiger partial charge in [0.15, 0.2) is 0 Å². The van der Waals surface area contributed by atoms with Gasteiger partial charge in [-0.25, -0.2) is 4.79 Å². The summed E-state index contributed by atoms with van der Waals surface area (Å²) >= 11 is 0. The molecule has 2 N–H and O–H groups in total. The first-order valence-corrected chi connectivity index (χ1v) is 10.2. The Kier molecular flexibility index (Phi) is 6.08. The molecule has 4 rings (SSSR count). The molecule has 6 heteroatoms. The summed E-state index contributed by atoms with van der Waals surface area (Å²) in [5, 5.41) is 15.3. The van der Waals surface area contributed by atoms with E-state index >= 15 is 0 Å². The van der Waals surface area contributed by atoms with E-state index in [1.807, 2.05) is 55.5 Å². The summed E-state index contributed by atoms with van der Waals surface area (Å²) in [6.45, 7) is 2.35. The molecule has 0 saturated heterocycles. The number of carbonyl (C=O) groups is 1. The number of nitrogens with one attached hydrogen (secondary N) is 1. The topological polar surface area (TPSA) is 84.3 Å². The maximum atomic E-state index is 12.1. The van der Waals surface area contributed by atoms with E-state index in [-0.39, 0.29) is 17.8 Å². The maximum Gasteiger partial charge on any atom is 0.338 e. The predicted octanol–water partition coefficient (Wildman–Crippen LogP) is 5.10. The molecule has 31 heavy (non-hydrogen) atoms. The monoisotopic (exact) mass is 413 g/mol. The Balaban J connectivity index is 1.68. The van der Waals surface area contributed by atoms with Crippen molar-refractivity contribution in [3.63, 3.8) is 0 Å². The molecule has 0 saturated carbocycles. The molecule has 2 aromatic carbocycles. The quantitative estimate of drug-likeness (QED) is 0.410. The zero-order valence-corrected chi connectivity index (χ0v) is 17.2. The number of esters is 1. The summed E-state index contributed by atoms with van der Waals surface area (Å²) in [6, 6.07) is 18.1. The molecule has 0 bridgehead atoms. The van der Waals surface area contributed by atoms with Crippen LogP contribution in [0.2, 0.25) is 0 Å². The van der Waals surface area contributed by atoms with Gasteiger partial charge >= 0.3 is 5.97 Å². The van der Waals surface area contributed by atoms with E-state index < -0.39 is 0 Å². The third kappa shape index (κ3) is 4.48. The summed E-state index contributed by atoms with van der Waals surface area (Å²) in [7, 11) is 0. The average molecular weight is 413 g/mol. The molecule has 0 aliphatic rings. The number of aromatic nitrogens is 2. The molecule has 156 valence electrons. The number of nitrogens with zero attached hydrogens (tertiary/aromatic N) is 2. The lowest BCUT2D eigenvalue weighted by molar-refractivity contribution is 0.0505. The number of carbonyl (C=O) groups excluding carboxylic acids is 1. The van der Waals surface area contributed by atoms with Crippen molar-refractivity contribution in [1.29, 1.82) is 0 Å². The Morgan fingerprint density at radius 3 is 2.61 bits per heavy atom. The Labute approximate surface area is 180 Å². The molecular weight excluding hydrogens is 390 g/mol. The van der Waals surface area contributed by atoms with Crippen LogP contribution in [0.4, 0.5) is 5.69 Å². The number of benzene rings is 2. The van der Waals surface area contributed by atoms with Crippen molar-refractivity contribution in [2.45, 2.75) is 19.4 Å². The molecule has 6 nitrogen and oxygen atoms in total. The van der Waals surface area contributed by atoms with E-state index in [1.165, 1.54) is 0 Å². The number of pyridine rings is 2. The number of ether oxygens (including phenoxy) is 1. The number of rotatable bonds is 7. The molecule has 0 amide bonds. The molecule has 1 atom stereocenters. The van der Waals surface area contributed by atoms with Crippen molar-refractivity contribution >= 4 is 22.6 Å². The summed E-state index contributed by atoms with van der Waals surface area (Å²) in [6.07, 6.45) is 5.91. The van der Waals surface area contributed by atoms with Crippen LogP contribution in [-0.4, -0.2) is 27.7 Å². The summed E-state index contributed by atoms with van der Waals surface area (Å²) < 4.78 is 5.19. The lowest BCUT2D eigenvalue weighted by Gasteiger charge is -2.22. The minimum absolute atomic E-state index is 0.124. The van der Waals surface area contributed by atoms with E-state index in [9.17, 15) is 9.90 Å². The lowest BCUT2D eigenvalue weighted by atomic mass is 9.97. The normalized spacial score (nSPS) is 11.8. The number of fused-ring (bicyclic) bond motifs is 1. The molecular formula is C25H23N3O3. The fourth-order valence-electron chi connectivity index (χ4n) is 3.41. The Hall–Kier alpha value is -3.93. The van der Waals surface area contributed by atoms with Gasteiger partial charge in [-0.05, 0) is 48.4 Å². The van der Waals surface area contributed by atoms with Crippen LogP contribution in [-0.2, 0) is 4.74 Å². The van der Waals surface area contributed by atoms with Crippen molar-refractivity contribution in [3.05, 3.63) is 95.9 Å². The van der Waals surface area contributed by atoms with Crippen LogP contribution in [0.5, 0.6) is 5.75 Å². The maximum absolute atomic E-state index is 12.1. The first-order chi connectivity index (χ1) is 15.2. The minimum Gasteiger partial charge on any atom is -0.505 e. The summed E-state index contributed by atoms with van der Waals surface area (Å²) in [5.41, 5.74) is 3.41. The zero-order chi connectivity index (χ0) is 21.6. The zero-order valence-electron chi connectivity index (χ0n) is 17.2. The average Bonchev–Trinajstić information content (AvgIpc) is 2.83. The molecule has 0 unspecified atom stereocenters. The molecule has 0 aliphatic heterocycles. The van der Waals surface area contributed by atoms with Crippen molar-refractivity contribution in [2.75, 3.05) is 11.9 Å². The number of hydrogen-bond acceptors (Lipinski definition) is 6. The standard InChI is InChI=1S/C25H23N3O3/c1-2-15-31-25(30)18-7-10-20(11-8-18)28-22(19-6-3-13-26-16-19)21-12-9-17-5-4-14-27-23(17)24(21)29/h3-14,16,22,28-29H,2,15H2,1H3/t22-/m1/s1. The fraction of sp³-hybridized carbons (Fsp3) is 0.160. The van der Waals surface area contributed by atoms with Gasteiger partial charge in [0, 0.05) is 35.2 Å². The highest BCUT2D eigenvalue weighted by molar-refractivity contribution is 5.90. The highest BCUT2D eigenvalue weighted by Crippen LogP contribution is 2.36. The van der Waals surface area contributed by atoms with Gasteiger partial charge in [0.25, 0.3) is 0 Å². The van der Waals surface area contributed by atoms with Gasteiger partial charge < -0.3 is 15.2 Å². The van der Waals surface area contributed by atoms with Gasteiger partial charge in [0.05, 0.1) is 18.2 Å². The minimum atomic E-state index is -0.363. The van der Waals surface area contributed by atoms with Crippen molar-refractivity contribution in [1.82, 2.24) is 9.97 Å². The Morgan fingerprint density at radius 1 is 1.06 bits per heavy atom. The van der Waals surface area contributed by atoms with Gasteiger partial charge in [-0.15, -0.1) is 0 Å². The van der Waals surface area contributed by atoms with Gasteiger partial charge in [-0.1, -0.05) is 31.2 Å². The van der Waals surface area contributed by atoms with Gasteiger partial charge in [-0.2, -0.15) is 0 Å². The molecule has 0 aliphatic carbocycles. The van der Waals surface area contributed by atoms with Crippen LogP contribution in [0.3, 0.4) is 0 Å². The van der Waals surface area contributed by atoms with Crippen LogP contribution in [0.15, 0.2) is 79.3 Å². The van der Waals surface area contributed by atoms with Gasteiger partial charge in [0.1, 0.15) is 11.3 Å². The second-order valence-corrected chi connectivity index (χ2v) is 7.16. The number of anilines is 1. The highest BCUT2D eigenvalue weighted by Gasteiger charge is 2.20.